The first kappa shape index (κ1) is 16.9. The second-order valence-electron chi connectivity index (χ2n) is 5.21. The van der Waals surface area contributed by atoms with Crippen molar-refractivity contribution in [3.63, 3.8) is 0 Å². The monoisotopic (exact) mass is 402 g/mol. The molecule has 1 N–H and O–H groups in total. The van der Waals surface area contributed by atoms with E-state index in [0.717, 1.165) is 14.6 Å². The van der Waals surface area contributed by atoms with Gasteiger partial charge in [0.2, 0.25) is 5.91 Å². The SMILES string of the molecule is O=C(CSc1nc2ccccc2s1)Nc1nc2ccc([N+](=O)[O-])cc2s1. The molecule has 0 saturated heterocycles. The largest absolute Gasteiger partial charge is 0.301 e. The van der Waals surface area contributed by atoms with Crippen molar-refractivity contribution in [2.45, 2.75) is 4.34 Å². The number of non-ortho nitro benzene ring substituents is 1. The van der Waals surface area contributed by atoms with Crippen molar-refractivity contribution in [1.29, 1.82) is 0 Å². The number of para-hydroxylation sites is 1. The molecule has 0 spiro atoms. The highest BCUT2D eigenvalue weighted by atomic mass is 32.2. The van der Waals surface area contributed by atoms with E-state index >= 15 is 0 Å². The van der Waals surface area contributed by atoms with Crippen LogP contribution in [0.3, 0.4) is 0 Å². The van der Waals surface area contributed by atoms with E-state index in [-0.39, 0.29) is 17.3 Å². The van der Waals surface area contributed by atoms with E-state index in [1.165, 1.54) is 35.2 Å². The maximum atomic E-state index is 12.2. The van der Waals surface area contributed by atoms with Gasteiger partial charge in [-0.1, -0.05) is 35.2 Å². The molecule has 4 aromatic rings. The summed E-state index contributed by atoms with van der Waals surface area (Å²) in [6.07, 6.45) is 0. The van der Waals surface area contributed by atoms with Crippen LogP contribution in [0.4, 0.5) is 10.8 Å². The number of nitro groups is 1. The summed E-state index contributed by atoms with van der Waals surface area (Å²) in [7, 11) is 0. The molecule has 0 bridgehead atoms. The number of carbonyl (C=O) groups is 1. The lowest BCUT2D eigenvalue weighted by molar-refractivity contribution is -0.384. The van der Waals surface area contributed by atoms with Crippen LogP contribution in [0.2, 0.25) is 0 Å². The van der Waals surface area contributed by atoms with Gasteiger partial charge in [-0.2, -0.15) is 0 Å². The molecule has 0 aliphatic rings. The van der Waals surface area contributed by atoms with Gasteiger partial charge in [0.05, 0.1) is 31.1 Å². The maximum Gasteiger partial charge on any atom is 0.270 e. The number of nitrogens with one attached hydrogen (secondary N) is 1. The lowest BCUT2D eigenvalue weighted by Gasteiger charge is -1.99. The van der Waals surface area contributed by atoms with E-state index in [2.05, 4.69) is 15.3 Å². The topological polar surface area (TPSA) is 98.0 Å². The Hall–Kier alpha value is -2.56. The maximum absolute atomic E-state index is 12.2. The molecule has 4 rings (SSSR count). The zero-order valence-corrected chi connectivity index (χ0v) is 15.5. The Morgan fingerprint density at radius 1 is 1.12 bits per heavy atom. The van der Waals surface area contributed by atoms with Crippen LogP contribution in [-0.2, 0) is 4.79 Å². The zero-order valence-electron chi connectivity index (χ0n) is 13.0. The Bertz CT molecular complexity index is 1110. The molecule has 0 unspecified atom stereocenters. The van der Waals surface area contributed by atoms with Gasteiger partial charge in [0.15, 0.2) is 9.47 Å². The summed E-state index contributed by atoms with van der Waals surface area (Å²) >= 11 is 4.13. The van der Waals surface area contributed by atoms with Crippen LogP contribution in [0.5, 0.6) is 0 Å². The summed E-state index contributed by atoms with van der Waals surface area (Å²) in [5.41, 5.74) is 1.55. The minimum atomic E-state index is -0.452. The average molecular weight is 402 g/mol. The standard InChI is InChI=1S/C16H10N4O3S3/c21-14(8-24-16-18-10-3-1-2-4-12(10)26-16)19-15-17-11-6-5-9(20(22)23)7-13(11)25-15/h1-7H,8H2,(H,17,19,21). The molecule has 0 fully saturated rings. The molecule has 0 radical (unpaired) electrons. The van der Waals surface area contributed by atoms with Gasteiger partial charge < -0.3 is 5.32 Å². The molecule has 26 heavy (non-hydrogen) atoms. The predicted molar refractivity (Wildman–Crippen MR) is 105 cm³/mol. The number of fused-ring (bicyclic) bond motifs is 2. The van der Waals surface area contributed by atoms with Crippen molar-refractivity contribution in [3.05, 3.63) is 52.6 Å². The third-order valence-electron chi connectivity index (χ3n) is 3.43. The van der Waals surface area contributed by atoms with E-state index in [1.807, 2.05) is 24.3 Å². The number of hydrogen-bond donors (Lipinski definition) is 1. The molecule has 0 saturated carbocycles. The first-order valence-electron chi connectivity index (χ1n) is 7.42. The van der Waals surface area contributed by atoms with Crippen molar-refractivity contribution in [3.8, 4) is 0 Å². The number of rotatable bonds is 5. The molecule has 7 nitrogen and oxygen atoms in total. The summed E-state index contributed by atoms with van der Waals surface area (Å²) in [5.74, 6) is 0.0263. The Balaban J connectivity index is 1.42. The number of nitrogens with zero attached hydrogens (tertiary/aromatic N) is 3. The van der Waals surface area contributed by atoms with Crippen LogP contribution in [0.15, 0.2) is 46.8 Å². The molecule has 2 heterocycles. The molecule has 130 valence electrons. The molecule has 2 aromatic carbocycles. The van der Waals surface area contributed by atoms with Crippen molar-refractivity contribution in [2.75, 3.05) is 11.1 Å². The van der Waals surface area contributed by atoms with Gasteiger partial charge in [-0.05, 0) is 18.2 Å². The van der Waals surface area contributed by atoms with Crippen LogP contribution in [0.25, 0.3) is 20.4 Å². The predicted octanol–water partition coefficient (Wildman–Crippen LogP) is 4.55. The Morgan fingerprint density at radius 2 is 1.92 bits per heavy atom. The van der Waals surface area contributed by atoms with Crippen molar-refractivity contribution in [2.24, 2.45) is 0 Å². The first-order chi connectivity index (χ1) is 12.6. The minimum absolute atomic E-state index is 0.00502. The number of carbonyl (C=O) groups excluding carboxylic acids is 1. The highest BCUT2D eigenvalue weighted by molar-refractivity contribution is 8.01. The third kappa shape index (κ3) is 3.52. The number of aromatic nitrogens is 2. The highest BCUT2D eigenvalue weighted by Crippen LogP contribution is 2.31. The number of thioether (sulfide) groups is 1. The molecular formula is C16H10N4O3S3. The smallest absolute Gasteiger partial charge is 0.270 e. The zero-order chi connectivity index (χ0) is 18.1. The van der Waals surface area contributed by atoms with E-state index in [4.69, 9.17) is 0 Å². The summed E-state index contributed by atoms with van der Waals surface area (Å²) in [6, 6.07) is 12.3. The fourth-order valence-electron chi connectivity index (χ4n) is 2.28. The van der Waals surface area contributed by atoms with E-state index in [0.29, 0.717) is 15.3 Å². The van der Waals surface area contributed by atoms with Gasteiger partial charge in [0.1, 0.15) is 0 Å². The molecule has 1 amide bonds. The Labute approximate surface area is 159 Å². The van der Waals surface area contributed by atoms with Crippen LogP contribution >= 0.6 is 34.4 Å². The highest BCUT2D eigenvalue weighted by Gasteiger charge is 2.13. The van der Waals surface area contributed by atoms with Crippen molar-refractivity contribution >= 4 is 71.6 Å². The van der Waals surface area contributed by atoms with E-state index < -0.39 is 4.92 Å². The summed E-state index contributed by atoms with van der Waals surface area (Å²) in [5, 5.41) is 14.0. The van der Waals surface area contributed by atoms with Crippen molar-refractivity contribution < 1.29 is 9.72 Å². The summed E-state index contributed by atoms with van der Waals surface area (Å²) in [4.78, 5) is 31.3. The average Bonchev–Trinajstić information content (AvgIpc) is 3.21. The number of anilines is 1. The van der Waals surface area contributed by atoms with Gasteiger partial charge >= 0.3 is 0 Å². The second-order valence-corrected chi connectivity index (χ2v) is 8.50. The van der Waals surface area contributed by atoms with Gasteiger partial charge in [-0.25, -0.2) is 9.97 Å². The van der Waals surface area contributed by atoms with Crippen molar-refractivity contribution in [1.82, 2.24) is 9.97 Å². The number of nitro benzene ring substituents is 1. The number of thiazole rings is 2. The molecule has 10 heteroatoms. The van der Waals surface area contributed by atoms with Crippen LogP contribution < -0.4 is 5.32 Å². The first-order valence-corrected chi connectivity index (χ1v) is 10.0. The molecule has 0 atom stereocenters. The Kier molecular flexibility index (Phi) is 4.53. The number of amides is 1. The number of hydrogen-bond acceptors (Lipinski definition) is 8. The Morgan fingerprint density at radius 3 is 2.73 bits per heavy atom. The van der Waals surface area contributed by atoms with E-state index in [1.54, 1.807) is 17.4 Å². The normalized spacial score (nSPS) is 11.1. The third-order valence-corrected chi connectivity index (χ3v) is 6.54. The molecule has 0 aliphatic heterocycles. The van der Waals surface area contributed by atoms with Gasteiger partial charge in [-0.15, -0.1) is 11.3 Å². The van der Waals surface area contributed by atoms with Crippen LogP contribution in [-0.4, -0.2) is 26.6 Å². The molecular weight excluding hydrogens is 392 g/mol. The fraction of sp³-hybridized carbons (Fsp3) is 0.0625. The van der Waals surface area contributed by atoms with Gasteiger partial charge in [-0.3, -0.25) is 14.9 Å². The number of benzene rings is 2. The summed E-state index contributed by atoms with van der Waals surface area (Å²) < 4.78 is 2.58. The van der Waals surface area contributed by atoms with Crippen LogP contribution in [0.1, 0.15) is 0 Å². The van der Waals surface area contributed by atoms with Gasteiger partial charge in [0.25, 0.3) is 5.69 Å². The van der Waals surface area contributed by atoms with E-state index in [9.17, 15) is 14.9 Å². The molecule has 2 aromatic heterocycles. The minimum Gasteiger partial charge on any atom is -0.301 e. The quantitative estimate of drug-likeness (QED) is 0.299. The molecule has 0 aliphatic carbocycles. The summed E-state index contributed by atoms with van der Waals surface area (Å²) in [6.45, 7) is 0. The second kappa shape index (κ2) is 6.98. The fourth-order valence-corrected chi connectivity index (χ4v) is 5.06. The lowest BCUT2D eigenvalue weighted by Crippen LogP contribution is -2.13. The van der Waals surface area contributed by atoms with Crippen LogP contribution in [0, 0.1) is 10.1 Å². The lowest BCUT2D eigenvalue weighted by atomic mass is 10.3. The van der Waals surface area contributed by atoms with Gasteiger partial charge in [0, 0.05) is 12.1 Å².